The summed E-state index contributed by atoms with van der Waals surface area (Å²) in [5.74, 6) is 1.43. The van der Waals surface area contributed by atoms with Crippen molar-refractivity contribution in [2.45, 2.75) is 12.2 Å². The smallest absolute Gasteiger partial charge is 0.180 e. The second-order valence-corrected chi connectivity index (χ2v) is 3.95. The highest BCUT2D eigenvalue weighted by Gasteiger charge is 2.36. The third kappa shape index (κ3) is 1.75. The second-order valence-electron chi connectivity index (χ2n) is 3.54. The van der Waals surface area contributed by atoms with E-state index in [0.717, 1.165) is 18.8 Å². The first-order valence-corrected chi connectivity index (χ1v) is 5.05. The van der Waals surface area contributed by atoms with Crippen molar-refractivity contribution in [3.05, 3.63) is 23.2 Å². The van der Waals surface area contributed by atoms with Crippen LogP contribution in [0.3, 0.4) is 0 Å². The van der Waals surface area contributed by atoms with Gasteiger partial charge in [0.15, 0.2) is 11.5 Å². The van der Waals surface area contributed by atoms with Crippen molar-refractivity contribution in [2.24, 2.45) is 0 Å². The van der Waals surface area contributed by atoms with Crippen molar-refractivity contribution in [3.8, 4) is 11.5 Å². The first kappa shape index (κ1) is 10.9. The molecule has 2 atom stereocenters. The van der Waals surface area contributed by atoms with Crippen molar-refractivity contribution in [3.63, 3.8) is 0 Å². The van der Waals surface area contributed by atoms with Gasteiger partial charge >= 0.3 is 0 Å². The lowest BCUT2D eigenvalue weighted by molar-refractivity contribution is 0.0554. The average molecular weight is 248 g/mol. The van der Waals surface area contributed by atoms with Gasteiger partial charge in [0, 0.05) is 13.1 Å². The molecular formula is C10H11Cl2NO2. The van der Waals surface area contributed by atoms with E-state index in [1.807, 2.05) is 18.2 Å². The molecule has 2 unspecified atom stereocenters. The maximum absolute atomic E-state index is 6.01. The Morgan fingerprint density at radius 1 is 1.20 bits per heavy atom. The van der Waals surface area contributed by atoms with Crippen LogP contribution in [0.25, 0.3) is 0 Å². The number of para-hydroxylation sites is 1. The molecular weight excluding hydrogens is 237 g/mol. The van der Waals surface area contributed by atoms with E-state index in [-0.39, 0.29) is 24.6 Å². The molecule has 15 heavy (non-hydrogen) atoms. The molecule has 0 aliphatic carbocycles. The lowest BCUT2D eigenvalue weighted by Crippen LogP contribution is -2.38. The molecule has 1 aromatic carbocycles. The van der Waals surface area contributed by atoms with Crippen molar-refractivity contribution < 1.29 is 9.47 Å². The van der Waals surface area contributed by atoms with Crippen LogP contribution in [0, 0.1) is 0 Å². The zero-order chi connectivity index (χ0) is 9.54. The summed E-state index contributed by atoms with van der Waals surface area (Å²) in [6.45, 7) is 1.67. The van der Waals surface area contributed by atoms with Gasteiger partial charge in [0.2, 0.25) is 0 Å². The van der Waals surface area contributed by atoms with Crippen molar-refractivity contribution in [1.82, 2.24) is 5.32 Å². The normalized spacial score (nSPS) is 26.7. The number of fused-ring (bicyclic) bond motifs is 2. The number of halogens is 2. The monoisotopic (exact) mass is 247 g/mol. The van der Waals surface area contributed by atoms with E-state index in [4.69, 9.17) is 21.1 Å². The number of nitrogens with one attached hydrogen (secondary N) is 1. The molecule has 2 aliphatic rings. The summed E-state index contributed by atoms with van der Waals surface area (Å²) in [5.41, 5.74) is 0. The van der Waals surface area contributed by atoms with Crippen molar-refractivity contribution in [2.75, 3.05) is 13.1 Å². The molecule has 5 heteroatoms. The van der Waals surface area contributed by atoms with E-state index in [2.05, 4.69) is 5.32 Å². The van der Waals surface area contributed by atoms with Crippen LogP contribution in [0.2, 0.25) is 5.02 Å². The number of ether oxygens (including phenoxy) is 2. The van der Waals surface area contributed by atoms with Gasteiger partial charge in [-0.25, -0.2) is 0 Å². The third-order valence-electron chi connectivity index (χ3n) is 2.58. The van der Waals surface area contributed by atoms with Crippen LogP contribution >= 0.6 is 24.0 Å². The SMILES string of the molecule is Cl.Clc1cccc2c1OC1CNCC1O2. The Hall–Kier alpha value is -0.640. The maximum Gasteiger partial charge on any atom is 0.180 e. The van der Waals surface area contributed by atoms with E-state index in [9.17, 15) is 0 Å². The molecule has 2 aliphatic heterocycles. The predicted molar refractivity (Wildman–Crippen MR) is 60.4 cm³/mol. The molecule has 1 aromatic rings. The highest BCUT2D eigenvalue weighted by Crippen LogP contribution is 2.40. The Balaban J connectivity index is 0.000000853. The largest absolute Gasteiger partial charge is 0.481 e. The van der Waals surface area contributed by atoms with Gasteiger partial charge in [-0.15, -0.1) is 12.4 Å². The van der Waals surface area contributed by atoms with Gasteiger partial charge in [0.25, 0.3) is 0 Å². The van der Waals surface area contributed by atoms with Gasteiger partial charge in [-0.2, -0.15) is 0 Å². The van der Waals surface area contributed by atoms with E-state index in [1.54, 1.807) is 0 Å². The Kier molecular flexibility index (Phi) is 2.96. The molecule has 0 amide bonds. The molecule has 0 radical (unpaired) electrons. The van der Waals surface area contributed by atoms with Gasteiger partial charge in [0.05, 0.1) is 5.02 Å². The van der Waals surface area contributed by atoms with Crippen LogP contribution in [-0.2, 0) is 0 Å². The number of benzene rings is 1. The zero-order valence-corrected chi connectivity index (χ0v) is 9.48. The Morgan fingerprint density at radius 3 is 2.73 bits per heavy atom. The standard InChI is InChI=1S/C10H10ClNO2.ClH/c11-6-2-1-3-7-10(6)14-9-5-12-4-8(9)13-7;/h1-3,8-9,12H,4-5H2;1H. The molecule has 1 fully saturated rings. The predicted octanol–water partition coefficient (Wildman–Crippen LogP) is 1.87. The number of hydrogen-bond acceptors (Lipinski definition) is 3. The summed E-state index contributed by atoms with van der Waals surface area (Å²) in [7, 11) is 0. The Labute approximate surface area is 99.1 Å². The Bertz CT molecular complexity index is 372. The van der Waals surface area contributed by atoms with Crippen LogP contribution < -0.4 is 14.8 Å². The lowest BCUT2D eigenvalue weighted by Gasteiger charge is -2.29. The summed E-state index contributed by atoms with van der Waals surface area (Å²) in [6, 6.07) is 5.56. The second kappa shape index (κ2) is 4.08. The fourth-order valence-corrected chi connectivity index (χ4v) is 2.09. The van der Waals surface area contributed by atoms with Crippen LogP contribution in [0.5, 0.6) is 11.5 Å². The van der Waals surface area contributed by atoms with E-state index in [1.165, 1.54) is 0 Å². The highest BCUT2D eigenvalue weighted by atomic mass is 35.5. The molecule has 0 bridgehead atoms. The molecule has 0 spiro atoms. The topological polar surface area (TPSA) is 30.5 Å². The molecule has 3 nitrogen and oxygen atoms in total. The zero-order valence-electron chi connectivity index (χ0n) is 7.90. The molecule has 3 rings (SSSR count). The van der Waals surface area contributed by atoms with Crippen LogP contribution in [0.15, 0.2) is 18.2 Å². The summed E-state index contributed by atoms with van der Waals surface area (Å²) >= 11 is 6.01. The van der Waals surface area contributed by atoms with Crippen LogP contribution in [-0.4, -0.2) is 25.3 Å². The summed E-state index contributed by atoms with van der Waals surface area (Å²) in [5, 5.41) is 3.84. The van der Waals surface area contributed by atoms with Crippen LogP contribution in [0.4, 0.5) is 0 Å². The lowest BCUT2D eigenvalue weighted by atomic mass is 10.2. The molecule has 0 saturated carbocycles. The maximum atomic E-state index is 6.01. The molecule has 82 valence electrons. The summed E-state index contributed by atoms with van der Waals surface area (Å²) in [4.78, 5) is 0. The molecule has 1 N–H and O–H groups in total. The highest BCUT2D eigenvalue weighted by molar-refractivity contribution is 6.32. The minimum absolute atomic E-state index is 0. The van der Waals surface area contributed by atoms with Gasteiger partial charge in [-0.05, 0) is 12.1 Å². The number of hydrogen-bond donors (Lipinski definition) is 1. The first-order chi connectivity index (χ1) is 6.84. The fourth-order valence-electron chi connectivity index (χ4n) is 1.88. The van der Waals surface area contributed by atoms with Crippen molar-refractivity contribution in [1.29, 1.82) is 0 Å². The minimum Gasteiger partial charge on any atom is -0.481 e. The van der Waals surface area contributed by atoms with Crippen LogP contribution in [0.1, 0.15) is 0 Å². The van der Waals surface area contributed by atoms with Crippen molar-refractivity contribution >= 4 is 24.0 Å². The third-order valence-corrected chi connectivity index (χ3v) is 2.88. The molecule has 2 heterocycles. The minimum atomic E-state index is 0. The fraction of sp³-hybridized carbons (Fsp3) is 0.400. The van der Waals surface area contributed by atoms with Gasteiger partial charge in [-0.3, -0.25) is 0 Å². The average Bonchev–Trinajstić information content (AvgIpc) is 2.62. The first-order valence-electron chi connectivity index (χ1n) is 4.67. The molecule has 0 aromatic heterocycles. The molecule has 1 saturated heterocycles. The van der Waals surface area contributed by atoms with Gasteiger partial charge in [0.1, 0.15) is 12.2 Å². The van der Waals surface area contributed by atoms with Gasteiger partial charge < -0.3 is 14.8 Å². The summed E-state index contributed by atoms with van der Waals surface area (Å²) < 4.78 is 11.5. The van der Waals surface area contributed by atoms with E-state index >= 15 is 0 Å². The van der Waals surface area contributed by atoms with E-state index in [0.29, 0.717) is 10.8 Å². The summed E-state index contributed by atoms with van der Waals surface area (Å²) in [6.07, 6.45) is 0.225. The quantitative estimate of drug-likeness (QED) is 0.760. The number of rotatable bonds is 0. The van der Waals surface area contributed by atoms with E-state index < -0.39 is 0 Å². The van der Waals surface area contributed by atoms with Gasteiger partial charge in [-0.1, -0.05) is 17.7 Å². The Morgan fingerprint density at radius 2 is 1.93 bits per heavy atom.